The maximum absolute atomic E-state index is 12.2. The molecule has 0 saturated heterocycles. The van der Waals surface area contributed by atoms with E-state index in [4.69, 9.17) is 5.11 Å². The summed E-state index contributed by atoms with van der Waals surface area (Å²) in [5.41, 5.74) is 1.91. The molecule has 1 atom stereocenters. The summed E-state index contributed by atoms with van der Waals surface area (Å²) in [6, 6.07) is 1.73. The van der Waals surface area contributed by atoms with Crippen LogP contribution in [-0.4, -0.2) is 44.3 Å². The number of hydrogen-bond donors (Lipinski definition) is 1. The van der Waals surface area contributed by atoms with E-state index in [1.165, 1.54) is 4.90 Å². The minimum atomic E-state index is -0.995. The molecule has 6 heteroatoms. The van der Waals surface area contributed by atoms with Crippen LogP contribution in [0.15, 0.2) is 6.07 Å². The first-order valence-electron chi connectivity index (χ1n) is 6.76. The van der Waals surface area contributed by atoms with Crippen molar-refractivity contribution in [3.63, 3.8) is 0 Å². The zero-order valence-electron chi connectivity index (χ0n) is 12.8. The lowest BCUT2D eigenvalue weighted by Gasteiger charge is -2.26. The highest BCUT2D eigenvalue weighted by atomic mass is 16.4. The number of amides is 1. The number of carbonyl (C=O) groups excluding carboxylic acids is 1. The van der Waals surface area contributed by atoms with Crippen molar-refractivity contribution in [2.75, 3.05) is 6.54 Å². The van der Waals surface area contributed by atoms with Crippen LogP contribution in [0.5, 0.6) is 0 Å². The van der Waals surface area contributed by atoms with E-state index in [1.54, 1.807) is 0 Å². The standard InChI is InChI=1S/C14H23N3O3/c1-9(2)16(8-14(19)20)13(18)7-12(5)17-11(4)6-10(3)15-17/h6,9,12H,7-8H2,1-5H3,(H,19,20). The van der Waals surface area contributed by atoms with Crippen molar-refractivity contribution in [1.29, 1.82) is 0 Å². The van der Waals surface area contributed by atoms with Gasteiger partial charge in [0.05, 0.1) is 11.7 Å². The first kappa shape index (κ1) is 16.2. The zero-order chi connectivity index (χ0) is 15.4. The first-order chi connectivity index (χ1) is 9.22. The molecule has 1 heterocycles. The van der Waals surface area contributed by atoms with E-state index in [0.717, 1.165) is 11.4 Å². The third kappa shape index (κ3) is 4.08. The van der Waals surface area contributed by atoms with Crippen molar-refractivity contribution in [3.05, 3.63) is 17.5 Å². The Morgan fingerprint density at radius 1 is 1.35 bits per heavy atom. The minimum Gasteiger partial charge on any atom is -0.480 e. The molecule has 6 nitrogen and oxygen atoms in total. The van der Waals surface area contributed by atoms with Gasteiger partial charge in [0.2, 0.25) is 5.91 Å². The average Bonchev–Trinajstić information content (AvgIpc) is 2.64. The Labute approximate surface area is 119 Å². The van der Waals surface area contributed by atoms with Gasteiger partial charge in [0.1, 0.15) is 6.54 Å². The van der Waals surface area contributed by atoms with Gasteiger partial charge >= 0.3 is 5.97 Å². The van der Waals surface area contributed by atoms with Gasteiger partial charge in [-0.3, -0.25) is 14.3 Å². The molecule has 1 amide bonds. The number of nitrogens with zero attached hydrogens (tertiary/aromatic N) is 3. The van der Waals surface area contributed by atoms with Crippen LogP contribution in [0.25, 0.3) is 0 Å². The molecule has 0 aliphatic heterocycles. The van der Waals surface area contributed by atoms with Crippen LogP contribution in [-0.2, 0) is 9.59 Å². The third-order valence-corrected chi connectivity index (χ3v) is 3.18. The van der Waals surface area contributed by atoms with Crippen molar-refractivity contribution >= 4 is 11.9 Å². The number of carboxylic acids is 1. The van der Waals surface area contributed by atoms with Gasteiger partial charge in [-0.05, 0) is 40.7 Å². The van der Waals surface area contributed by atoms with Crippen LogP contribution in [0.4, 0.5) is 0 Å². The van der Waals surface area contributed by atoms with Crippen LogP contribution >= 0.6 is 0 Å². The number of rotatable bonds is 6. The van der Waals surface area contributed by atoms with E-state index in [-0.39, 0.29) is 31.0 Å². The van der Waals surface area contributed by atoms with Gasteiger partial charge in [-0.2, -0.15) is 5.10 Å². The second-order valence-electron chi connectivity index (χ2n) is 5.43. The summed E-state index contributed by atoms with van der Waals surface area (Å²) < 4.78 is 1.81. The molecule has 0 radical (unpaired) electrons. The topological polar surface area (TPSA) is 75.4 Å². The Morgan fingerprint density at radius 2 is 1.95 bits per heavy atom. The van der Waals surface area contributed by atoms with Crippen molar-refractivity contribution < 1.29 is 14.7 Å². The van der Waals surface area contributed by atoms with Gasteiger partial charge in [0.15, 0.2) is 0 Å². The van der Waals surface area contributed by atoms with Crippen LogP contribution in [0.1, 0.15) is 44.6 Å². The summed E-state index contributed by atoms with van der Waals surface area (Å²) >= 11 is 0. The van der Waals surface area contributed by atoms with Crippen LogP contribution in [0.3, 0.4) is 0 Å². The fraction of sp³-hybridized carbons (Fsp3) is 0.643. The van der Waals surface area contributed by atoms with E-state index in [9.17, 15) is 9.59 Å². The number of aromatic nitrogens is 2. The van der Waals surface area contributed by atoms with Crippen molar-refractivity contribution in [3.8, 4) is 0 Å². The molecular formula is C14H23N3O3. The average molecular weight is 281 g/mol. The van der Waals surface area contributed by atoms with Crippen molar-refractivity contribution in [2.24, 2.45) is 0 Å². The molecule has 0 aliphatic rings. The van der Waals surface area contributed by atoms with Gasteiger partial charge in [-0.15, -0.1) is 0 Å². The molecule has 1 rings (SSSR count). The summed E-state index contributed by atoms with van der Waals surface area (Å²) in [7, 11) is 0. The quantitative estimate of drug-likeness (QED) is 0.862. The number of carbonyl (C=O) groups is 2. The first-order valence-corrected chi connectivity index (χ1v) is 6.76. The molecule has 0 bridgehead atoms. The molecule has 0 fully saturated rings. The predicted octanol–water partition coefficient (Wildman–Crippen LogP) is 1.77. The monoisotopic (exact) mass is 281 g/mol. The van der Waals surface area contributed by atoms with E-state index < -0.39 is 5.97 Å². The van der Waals surface area contributed by atoms with Gasteiger partial charge in [0.25, 0.3) is 0 Å². The van der Waals surface area contributed by atoms with E-state index in [1.807, 2.05) is 45.4 Å². The van der Waals surface area contributed by atoms with E-state index >= 15 is 0 Å². The summed E-state index contributed by atoms with van der Waals surface area (Å²) in [5, 5.41) is 13.2. The molecule has 0 aromatic carbocycles. The summed E-state index contributed by atoms with van der Waals surface area (Å²) in [6.07, 6.45) is 0.243. The number of carboxylic acid groups (broad SMARTS) is 1. The second kappa shape index (κ2) is 6.54. The maximum atomic E-state index is 12.2. The highest BCUT2D eigenvalue weighted by Crippen LogP contribution is 2.16. The fourth-order valence-electron chi connectivity index (χ4n) is 2.25. The summed E-state index contributed by atoms with van der Waals surface area (Å²) in [6.45, 7) is 9.13. The molecule has 20 heavy (non-hydrogen) atoms. The number of aryl methyl sites for hydroxylation is 2. The molecular weight excluding hydrogens is 258 g/mol. The lowest BCUT2D eigenvalue weighted by molar-refractivity contribution is -0.146. The molecule has 1 aromatic rings. The molecule has 1 N–H and O–H groups in total. The third-order valence-electron chi connectivity index (χ3n) is 3.18. The van der Waals surface area contributed by atoms with E-state index in [0.29, 0.717) is 0 Å². The molecule has 0 spiro atoms. The highest BCUT2D eigenvalue weighted by molar-refractivity contribution is 5.81. The summed E-state index contributed by atoms with van der Waals surface area (Å²) in [5.74, 6) is -1.16. The van der Waals surface area contributed by atoms with Gasteiger partial charge in [-0.25, -0.2) is 0 Å². The van der Waals surface area contributed by atoms with E-state index in [2.05, 4.69) is 5.10 Å². The lowest BCUT2D eigenvalue weighted by atomic mass is 10.2. The lowest BCUT2D eigenvalue weighted by Crippen LogP contribution is -2.41. The molecule has 112 valence electrons. The molecule has 1 unspecified atom stereocenters. The Balaban J connectivity index is 2.77. The summed E-state index contributed by atoms with van der Waals surface area (Å²) in [4.78, 5) is 24.4. The Hall–Kier alpha value is -1.85. The molecule has 0 aliphatic carbocycles. The number of hydrogen-bond acceptors (Lipinski definition) is 3. The maximum Gasteiger partial charge on any atom is 0.323 e. The largest absolute Gasteiger partial charge is 0.480 e. The van der Waals surface area contributed by atoms with Crippen LogP contribution < -0.4 is 0 Å². The number of aliphatic carboxylic acids is 1. The zero-order valence-corrected chi connectivity index (χ0v) is 12.8. The van der Waals surface area contributed by atoms with Crippen LogP contribution in [0, 0.1) is 13.8 Å². The smallest absolute Gasteiger partial charge is 0.323 e. The van der Waals surface area contributed by atoms with Crippen molar-refractivity contribution in [2.45, 2.75) is 53.1 Å². The Morgan fingerprint density at radius 3 is 2.35 bits per heavy atom. The molecule has 0 saturated carbocycles. The normalized spacial score (nSPS) is 12.5. The van der Waals surface area contributed by atoms with Gasteiger partial charge in [0, 0.05) is 18.2 Å². The Bertz CT molecular complexity index is 494. The second-order valence-corrected chi connectivity index (χ2v) is 5.43. The van der Waals surface area contributed by atoms with Gasteiger partial charge in [-0.1, -0.05) is 0 Å². The predicted molar refractivity (Wildman–Crippen MR) is 75.5 cm³/mol. The van der Waals surface area contributed by atoms with Gasteiger partial charge < -0.3 is 10.0 Å². The van der Waals surface area contributed by atoms with Crippen molar-refractivity contribution in [1.82, 2.24) is 14.7 Å². The fourth-order valence-corrected chi connectivity index (χ4v) is 2.25. The minimum absolute atomic E-state index is 0.0914. The highest BCUT2D eigenvalue weighted by Gasteiger charge is 2.23. The van der Waals surface area contributed by atoms with Crippen LogP contribution in [0.2, 0.25) is 0 Å². The SMILES string of the molecule is Cc1cc(C)n(C(C)CC(=O)N(CC(=O)O)C(C)C)n1. The molecule has 1 aromatic heterocycles. The Kier molecular flexibility index (Phi) is 5.30.